The van der Waals surface area contributed by atoms with Crippen molar-refractivity contribution in [2.24, 2.45) is 0 Å². The zero-order chi connectivity index (χ0) is 25.2. The van der Waals surface area contributed by atoms with Gasteiger partial charge >= 0.3 is 0 Å². The van der Waals surface area contributed by atoms with Gasteiger partial charge in [-0.2, -0.15) is 0 Å². The lowest BCUT2D eigenvalue weighted by molar-refractivity contribution is 0.498. The average molecular weight is 439 g/mol. The Morgan fingerprint density at radius 3 is 1.22 bits per heavy atom. The Balaban J connectivity index is 3.37. The maximum atomic E-state index is 13.3. The molecule has 0 saturated carbocycles. The second-order valence-electron chi connectivity index (χ2n) is 13.0. The van der Waals surface area contributed by atoms with Crippen LogP contribution in [0.1, 0.15) is 105 Å². The highest BCUT2D eigenvalue weighted by Crippen LogP contribution is 2.45. The summed E-state index contributed by atoms with van der Waals surface area (Å²) in [6, 6.07) is 3.88. The van der Waals surface area contributed by atoms with Gasteiger partial charge in [-0.25, -0.2) is 0 Å². The summed E-state index contributed by atoms with van der Waals surface area (Å²) >= 11 is 0. The van der Waals surface area contributed by atoms with Crippen LogP contribution in [0.3, 0.4) is 0 Å². The first kappa shape index (κ1) is 25.9. The van der Waals surface area contributed by atoms with E-state index in [1.165, 1.54) is 0 Å². The smallest absolute Gasteiger partial charge is 0.277 e. The molecule has 0 amide bonds. The summed E-state index contributed by atoms with van der Waals surface area (Å²) in [6.07, 6.45) is 0. The highest BCUT2D eigenvalue weighted by atomic mass is 16.2. The maximum absolute atomic E-state index is 13.3. The molecule has 0 radical (unpaired) electrons. The van der Waals surface area contributed by atoms with Crippen LogP contribution in [0.2, 0.25) is 0 Å². The summed E-state index contributed by atoms with van der Waals surface area (Å²) in [5.74, 6) is 0. The lowest BCUT2D eigenvalue weighted by atomic mass is 9.66. The molecule has 32 heavy (non-hydrogen) atoms. The summed E-state index contributed by atoms with van der Waals surface area (Å²) in [5.41, 5.74) is -1.79. The normalized spacial score (nSPS) is 13.5. The zero-order valence-corrected chi connectivity index (χ0v) is 21.8. The number of benzene rings is 2. The van der Waals surface area contributed by atoms with E-state index >= 15 is 0 Å². The molecule has 2 aromatic carbocycles. The van der Waals surface area contributed by atoms with Gasteiger partial charge < -0.3 is 0 Å². The molecule has 4 nitrogen and oxygen atoms in total. The molecule has 0 unspecified atom stereocenters. The molecule has 0 fully saturated rings. The van der Waals surface area contributed by atoms with E-state index in [2.05, 4.69) is 62.3 Å². The van der Waals surface area contributed by atoms with E-state index in [-0.39, 0.29) is 27.4 Å². The van der Waals surface area contributed by atoms with Crippen molar-refractivity contribution in [2.75, 3.05) is 0 Å². The molecule has 0 aromatic heterocycles. The predicted octanol–water partition coefficient (Wildman–Crippen LogP) is 4.86. The highest BCUT2D eigenvalue weighted by Gasteiger charge is 2.37. The molecule has 0 aliphatic heterocycles. The molecule has 4 heteroatoms. The standard InChI is InChI=1S/C28H38O4/c1-25(2,3)16-14-13-15(18(26(4,5)6)19(16)27(7,8)9)17-20(28(10,11)12)22(30)24(32)23(31)21(17)29/h13-14H,1-12H3. The van der Waals surface area contributed by atoms with Crippen molar-refractivity contribution in [3.63, 3.8) is 0 Å². The van der Waals surface area contributed by atoms with Gasteiger partial charge in [-0.05, 0) is 43.9 Å². The molecule has 2 aromatic rings. The lowest BCUT2D eigenvalue weighted by Gasteiger charge is -2.38. The third kappa shape index (κ3) is 4.42. The minimum atomic E-state index is -1.24. The van der Waals surface area contributed by atoms with Crippen LogP contribution >= 0.6 is 0 Å². The number of hydrogen-bond donors (Lipinski definition) is 0. The molecule has 0 bridgehead atoms. The van der Waals surface area contributed by atoms with Crippen molar-refractivity contribution < 1.29 is 0 Å². The SMILES string of the molecule is CC(C)(C)c1ccc(-c2c(C(C)(C)C)c(=O)c(=O)c(=O)c2=O)c(C(C)(C)C)c1C(C)(C)C. The average Bonchev–Trinajstić information content (AvgIpc) is 2.58. The second-order valence-corrected chi connectivity index (χ2v) is 13.0. The van der Waals surface area contributed by atoms with Gasteiger partial charge in [-0.1, -0.05) is 95.2 Å². The first-order valence-corrected chi connectivity index (χ1v) is 11.2. The largest absolute Gasteiger partial charge is 0.285 e. The Labute approximate surface area is 191 Å². The Morgan fingerprint density at radius 2 is 0.844 bits per heavy atom. The van der Waals surface area contributed by atoms with E-state index in [0.29, 0.717) is 5.56 Å². The van der Waals surface area contributed by atoms with Crippen LogP contribution in [0.4, 0.5) is 0 Å². The van der Waals surface area contributed by atoms with E-state index in [4.69, 9.17) is 0 Å². The van der Waals surface area contributed by atoms with Gasteiger partial charge in [0.2, 0.25) is 10.9 Å². The van der Waals surface area contributed by atoms with Gasteiger partial charge in [0.25, 0.3) is 10.9 Å². The van der Waals surface area contributed by atoms with Crippen LogP contribution in [-0.4, -0.2) is 0 Å². The Hall–Kier alpha value is -2.36. The minimum absolute atomic E-state index is 0.0861. The number of rotatable bonds is 1. The van der Waals surface area contributed by atoms with Gasteiger partial charge in [0.05, 0.1) is 0 Å². The molecule has 0 atom stereocenters. The Morgan fingerprint density at radius 1 is 0.438 bits per heavy atom. The van der Waals surface area contributed by atoms with Crippen molar-refractivity contribution in [1.82, 2.24) is 0 Å². The molecular weight excluding hydrogens is 400 g/mol. The Kier molecular flexibility index (Phi) is 6.15. The quantitative estimate of drug-likeness (QED) is 0.596. The highest BCUT2D eigenvalue weighted by molar-refractivity contribution is 5.76. The molecule has 174 valence electrons. The van der Waals surface area contributed by atoms with Crippen molar-refractivity contribution >= 4 is 0 Å². The first-order valence-electron chi connectivity index (χ1n) is 11.2. The fourth-order valence-electron chi connectivity index (χ4n) is 4.63. The first-order chi connectivity index (χ1) is 14.1. The van der Waals surface area contributed by atoms with E-state index in [1.54, 1.807) is 20.8 Å². The van der Waals surface area contributed by atoms with Gasteiger partial charge in [-0.3, -0.25) is 19.2 Å². The van der Waals surface area contributed by atoms with Gasteiger partial charge in [0, 0.05) is 11.1 Å². The second kappa shape index (κ2) is 7.60. The van der Waals surface area contributed by atoms with E-state index < -0.39 is 27.1 Å². The van der Waals surface area contributed by atoms with Crippen LogP contribution in [0.25, 0.3) is 11.1 Å². The van der Waals surface area contributed by atoms with E-state index in [9.17, 15) is 19.2 Å². The lowest BCUT2D eigenvalue weighted by Crippen LogP contribution is -2.51. The molecule has 0 heterocycles. The minimum Gasteiger partial charge on any atom is -0.285 e. The molecule has 0 saturated heterocycles. The number of hydrogen-bond acceptors (Lipinski definition) is 4. The van der Waals surface area contributed by atoms with Gasteiger partial charge in [0.1, 0.15) is 0 Å². The Bertz CT molecular complexity index is 1260. The van der Waals surface area contributed by atoms with Crippen LogP contribution in [0.5, 0.6) is 0 Å². The molecule has 0 N–H and O–H groups in total. The maximum Gasteiger partial charge on any atom is 0.277 e. The summed E-state index contributed by atoms with van der Waals surface area (Å²) in [5, 5.41) is 0. The molecule has 2 rings (SSSR count). The van der Waals surface area contributed by atoms with E-state index in [0.717, 1.165) is 16.7 Å². The van der Waals surface area contributed by atoms with E-state index in [1.807, 2.05) is 12.1 Å². The molecular formula is C28H38O4. The van der Waals surface area contributed by atoms with Gasteiger partial charge in [0.15, 0.2) is 0 Å². The van der Waals surface area contributed by atoms with Crippen molar-refractivity contribution in [3.8, 4) is 11.1 Å². The molecule has 0 aliphatic carbocycles. The summed E-state index contributed by atoms with van der Waals surface area (Å²) in [6.45, 7) is 24.5. The summed E-state index contributed by atoms with van der Waals surface area (Å²) in [4.78, 5) is 51.1. The molecule has 0 aliphatic rings. The third-order valence-electron chi connectivity index (χ3n) is 5.86. The van der Waals surface area contributed by atoms with Crippen LogP contribution in [-0.2, 0) is 21.7 Å². The monoisotopic (exact) mass is 438 g/mol. The molecule has 0 spiro atoms. The van der Waals surface area contributed by atoms with Gasteiger partial charge in [-0.15, -0.1) is 0 Å². The fourth-order valence-corrected chi connectivity index (χ4v) is 4.63. The fraction of sp³-hybridized carbons (Fsp3) is 0.571. The van der Waals surface area contributed by atoms with Crippen LogP contribution < -0.4 is 21.7 Å². The predicted molar refractivity (Wildman–Crippen MR) is 134 cm³/mol. The van der Waals surface area contributed by atoms with Crippen molar-refractivity contribution in [3.05, 3.63) is 75.3 Å². The van der Waals surface area contributed by atoms with Crippen molar-refractivity contribution in [2.45, 2.75) is 105 Å². The zero-order valence-electron chi connectivity index (χ0n) is 21.8. The summed E-state index contributed by atoms with van der Waals surface area (Å²) < 4.78 is 0. The topological polar surface area (TPSA) is 68.3 Å². The van der Waals surface area contributed by atoms with Crippen LogP contribution in [0.15, 0.2) is 31.3 Å². The third-order valence-corrected chi connectivity index (χ3v) is 5.86. The summed E-state index contributed by atoms with van der Waals surface area (Å²) in [7, 11) is 0. The van der Waals surface area contributed by atoms with Crippen molar-refractivity contribution in [1.29, 1.82) is 0 Å². The van der Waals surface area contributed by atoms with Crippen LogP contribution in [0, 0.1) is 0 Å².